The second kappa shape index (κ2) is 11.8. The largest absolute Gasteiger partial charge is 0.450 e. The number of hydrogen-bond acceptors (Lipinski definition) is 3. The Bertz CT molecular complexity index is 986. The Kier molecular flexibility index (Phi) is 9.41. The Morgan fingerprint density at radius 1 is 1.00 bits per heavy atom. The highest BCUT2D eigenvalue weighted by atomic mass is 35.5. The van der Waals surface area contributed by atoms with Crippen molar-refractivity contribution >= 4 is 35.2 Å². The van der Waals surface area contributed by atoms with Gasteiger partial charge in [0.1, 0.15) is 0 Å². The van der Waals surface area contributed by atoms with Crippen LogP contribution in [0.4, 0.5) is 13.2 Å². The van der Waals surface area contributed by atoms with Crippen LogP contribution in [0.25, 0.3) is 6.08 Å². The molecule has 0 aromatic heterocycles. The van der Waals surface area contributed by atoms with Gasteiger partial charge in [0.05, 0.1) is 6.04 Å². The maximum absolute atomic E-state index is 13.0. The highest BCUT2D eigenvalue weighted by molar-refractivity contribution is 6.30. The number of halogens is 4. The predicted octanol–water partition coefficient (Wildman–Crippen LogP) is 5.44. The zero-order valence-corrected chi connectivity index (χ0v) is 19.0. The minimum Gasteiger partial charge on any atom is -0.342 e. The van der Waals surface area contributed by atoms with Crippen LogP contribution in [0.5, 0.6) is 0 Å². The molecule has 0 spiro atoms. The van der Waals surface area contributed by atoms with Crippen molar-refractivity contribution in [1.82, 2.24) is 5.32 Å². The molecule has 2 aromatic carbocycles. The third-order valence-electron chi connectivity index (χ3n) is 5.13. The van der Waals surface area contributed by atoms with Gasteiger partial charge in [0.25, 0.3) is 0 Å². The molecular weight excluding hydrogens is 455 g/mol. The third-order valence-corrected chi connectivity index (χ3v) is 5.38. The van der Waals surface area contributed by atoms with Gasteiger partial charge in [0.15, 0.2) is 5.78 Å². The van der Waals surface area contributed by atoms with Crippen LogP contribution in [0.3, 0.4) is 0 Å². The zero-order chi connectivity index (χ0) is 24.6. The highest BCUT2D eigenvalue weighted by Gasteiger charge is 2.45. The van der Waals surface area contributed by atoms with E-state index in [0.29, 0.717) is 10.6 Å². The number of amides is 1. The Labute approximate surface area is 195 Å². The van der Waals surface area contributed by atoms with Crippen LogP contribution in [0.15, 0.2) is 60.7 Å². The minimum absolute atomic E-state index is 0.0885. The molecule has 0 aliphatic carbocycles. The van der Waals surface area contributed by atoms with Gasteiger partial charge in [-0.3, -0.25) is 14.4 Å². The van der Waals surface area contributed by atoms with Gasteiger partial charge in [-0.15, -0.1) is 0 Å². The fourth-order valence-corrected chi connectivity index (χ4v) is 3.39. The van der Waals surface area contributed by atoms with Crippen LogP contribution in [0.1, 0.15) is 31.4 Å². The zero-order valence-electron chi connectivity index (χ0n) is 18.2. The van der Waals surface area contributed by atoms with Gasteiger partial charge in [-0.1, -0.05) is 67.9 Å². The average molecular weight is 480 g/mol. The normalized spacial score (nSPS) is 13.7. The number of Topliss-reactive ketones (excluding diaryl/α,β-unsaturated/α-hetero) is 2. The van der Waals surface area contributed by atoms with E-state index in [-0.39, 0.29) is 6.42 Å². The standard InChI is InChI=1S/C25H25ClF3NO3/c1-16(2)20(24(33)25(27,28)29)15-22(31)21(14-18-6-4-3-5-7-18)30-23(32)13-10-17-8-11-19(26)12-9-17/h3-13,16,20-21H,14-15H2,1-2H3,(H,30,32)/b13-10+/t20-,21-/m0/s1. The van der Waals surface area contributed by atoms with Gasteiger partial charge in [-0.25, -0.2) is 0 Å². The summed E-state index contributed by atoms with van der Waals surface area (Å²) in [4.78, 5) is 37.3. The monoisotopic (exact) mass is 479 g/mol. The Balaban J connectivity index is 2.19. The van der Waals surface area contributed by atoms with Crippen molar-refractivity contribution in [1.29, 1.82) is 0 Å². The Morgan fingerprint density at radius 2 is 1.61 bits per heavy atom. The molecule has 4 nitrogen and oxygen atoms in total. The van der Waals surface area contributed by atoms with Gasteiger partial charge in [-0.2, -0.15) is 13.2 Å². The van der Waals surface area contributed by atoms with Crippen molar-refractivity contribution in [2.45, 2.75) is 38.9 Å². The summed E-state index contributed by atoms with van der Waals surface area (Å²) in [5, 5.41) is 3.11. The highest BCUT2D eigenvalue weighted by Crippen LogP contribution is 2.28. The number of rotatable bonds is 10. The summed E-state index contributed by atoms with van der Waals surface area (Å²) in [6, 6.07) is 14.4. The molecule has 1 N–H and O–H groups in total. The molecule has 0 radical (unpaired) electrons. The van der Waals surface area contributed by atoms with E-state index in [9.17, 15) is 27.6 Å². The van der Waals surface area contributed by atoms with E-state index >= 15 is 0 Å². The summed E-state index contributed by atoms with van der Waals surface area (Å²) >= 11 is 5.83. The average Bonchev–Trinajstić information content (AvgIpc) is 2.76. The van der Waals surface area contributed by atoms with Gasteiger partial charge >= 0.3 is 6.18 Å². The molecule has 0 saturated heterocycles. The summed E-state index contributed by atoms with van der Waals surface area (Å²) in [7, 11) is 0. The van der Waals surface area contributed by atoms with E-state index in [2.05, 4.69) is 5.32 Å². The lowest BCUT2D eigenvalue weighted by Gasteiger charge is -2.23. The molecule has 2 rings (SSSR count). The third kappa shape index (κ3) is 8.50. The summed E-state index contributed by atoms with van der Waals surface area (Å²) in [5.74, 6) is -5.36. The molecule has 0 bridgehead atoms. The van der Waals surface area contributed by atoms with Gasteiger partial charge in [0.2, 0.25) is 11.7 Å². The molecule has 0 fully saturated rings. The smallest absolute Gasteiger partial charge is 0.342 e. The van der Waals surface area contributed by atoms with Crippen LogP contribution in [0.2, 0.25) is 5.02 Å². The lowest BCUT2D eigenvalue weighted by molar-refractivity contribution is -0.177. The van der Waals surface area contributed by atoms with Crippen molar-refractivity contribution < 1.29 is 27.6 Å². The first-order valence-electron chi connectivity index (χ1n) is 10.4. The van der Waals surface area contributed by atoms with Crippen molar-refractivity contribution in [2.24, 2.45) is 11.8 Å². The number of alkyl halides is 3. The second-order valence-electron chi connectivity index (χ2n) is 8.02. The predicted molar refractivity (Wildman–Crippen MR) is 122 cm³/mol. The molecule has 0 heterocycles. The lowest BCUT2D eigenvalue weighted by Crippen LogP contribution is -2.44. The summed E-state index contributed by atoms with van der Waals surface area (Å²) < 4.78 is 39.0. The first kappa shape index (κ1) is 26.3. The molecule has 33 heavy (non-hydrogen) atoms. The van der Waals surface area contributed by atoms with Crippen molar-refractivity contribution in [2.75, 3.05) is 0 Å². The van der Waals surface area contributed by atoms with E-state index in [4.69, 9.17) is 11.6 Å². The van der Waals surface area contributed by atoms with E-state index in [1.54, 1.807) is 54.6 Å². The van der Waals surface area contributed by atoms with Crippen LogP contribution in [0, 0.1) is 11.8 Å². The van der Waals surface area contributed by atoms with Crippen molar-refractivity contribution in [3.63, 3.8) is 0 Å². The molecule has 1 amide bonds. The molecule has 176 valence electrons. The Morgan fingerprint density at radius 3 is 2.15 bits per heavy atom. The number of carbonyl (C=O) groups is 3. The molecule has 0 saturated carbocycles. The topological polar surface area (TPSA) is 63.2 Å². The minimum atomic E-state index is -5.03. The van der Waals surface area contributed by atoms with Crippen molar-refractivity contribution in [3.05, 3.63) is 76.8 Å². The maximum atomic E-state index is 13.0. The number of nitrogens with one attached hydrogen (secondary N) is 1. The van der Waals surface area contributed by atoms with Gasteiger partial charge in [0, 0.05) is 23.4 Å². The molecule has 0 unspecified atom stereocenters. The number of hydrogen-bond donors (Lipinski definition) is 1. The fraction of sp³-hybridized carbons (Fsp3) is 0.320. The summed E-state index contributed by atoms with van der Waals surface area (Å²) in [5.41, 5.74) is 1.43. The molecule has 8 heteroatoms. The SMILES string of the molecule is CC(C)[C@H](CC(=O)[C@H](Cc1ccccc1)NC(=O)/C=C/c1ccc(Cl)cc1)C(=O)C(F)(F)F. The summed E-state index contributed by atoms with van der Waals surface area (Å²) in [6.45, 7) is 2.92. The van der Waals surface area contributed by atoms with E-state index in [0.717, 1.165) is 5.56 Å². The van der Waals surface area contributed by atoms with Gasteiger partial charge in [-0.05, 0) is 41.7 Å². The number of ketones is 2. The van der Waals surface area contributed by atoms with Crippen molar-refractivity contribution in [3.8, 4) is 0 Å². The first-order chi connectivity index (χ1) is 15.5. The molecule has 0 aliphatic rings. The molecule has 0 aliphatic heterocycles. The summed E-state index contributed by atoms with van der Waals surface area (Å²) in [6.07, 6.45) is -2.80. The molecule has 2 atom stereocenters. The maximum Gasteiger partial charge on any atom is 0.450 e. The Hall–Kier alpha value is -2.93. The quantitative estimate of drug-likeness (QED) is 0.461. The van der Waals surface area contributed by atoms with Crippen LogP contribution in [-0.4, -0.2) is 29.7 Å². The lowest BCUT2D eigenvalue weighted by atomic mass is 9.84. The van der Waals surface area contributed by atoms with Crippen LogP contribution < -0.4 is 5.32 Å². The van der Waals surface area contributed by atoms with E-state index < -0.39 is 47.9 Å². The molecule has 2 aromatic rings. The first-order valence-corrected chi connectivity index (χ1v) is 10.8. The fourth-order valence-electron chi connectivity index (χ4n) is 3.26. The number of benzene rings is 2. The van der Waals surface area contributed by atoms with Crippen LogP contribution >= 0.6 is 11.6 Å². The van der Waals surface area contributed by atoms with E-state index in [1.165, 1.54) is 26.0 Å². The molecular formula is C25H25ClF3NO3. The number of carbonyl (C=O) groups excluding carboxylic acids is 3. The van der Waals surface area contributed by atoms with Gasteiger partial charge < -0.3 is 5.32 Å². The van der Waals surface area contributed by atoms with Crippen LogP contribution in [-0.2, 0) is 20.8 Å². The van der Waals surface area contributed by atoms with E-state index in [1.807, 2.05) is 0 Å². The second-order valence-corrected chi connectivity index (χ2v) is 8.46.